The van der Waals surface area contributed by atoms with Crippen molar-refractivity contribution in [2.45, 2.75) is 24.2 Å². The van der Waals surface area contributed by atoms with E-state index in [1.807, 2.05) is 35.7 Å². The molecule has 1 N–H and O–H groups in total. The number of aromatic nitrogens is 3. The van der Waals surface area contributed by atoms with Gasteiger partial charge in [0.1, 0.15) is 17.4 Å². The molecule has 0 spiro atoms. The number of amides is 2. The number of nitrogens with zero attached hydrogens (tertiary/aromatic N) is 5. The number of ether oxygens (including phenoxy) is 1. The maximum Gasteiger partial charge on any atom is 0.253 e. The number of hydrogen-bond acceptors (Lipinski definition) is 8. The van der Waals surface area contributed by atoms with Crippen molar-refractivity contribution in [1.82, 2.24) is 25.1 Å². The van der Waals surface area contributed by atoms with Crippen molar-refractivity contribution in [3.05, 3.63) is 124 Å². The number of nitrogens with one attached hydrogen (secondary N) is 1. The summed E-state index contributed by atoms with van der Waals surface area (Å²) in [6.07, 6.45) is 0.495. The van der Waals surface area contributed by atoms with Crippen molar-refractivity contribution < 1.29 is 23.1 Å². The predicted octanol–water partition coefficient (Wildman–Crippen LogP) is 6.02. The lowest BCUT2D eigenvalue weighted by Crippen LogP contribution is -2.28. The van der Waals surface area contributed by atoms with Crippen molar-refractivity contribution in [2.75, 3.05) is 12.9 Å². The van der Waals surface area contributed by atoms with Crippen LogP contribution in [0.25, 0.3) is 5.69 Å². The standard InChI is InChI=1S/C32H26F2N6O3S2/c1-43-27-9-3-2-8-25(27)39-29(18-35-31(42)21-6-4-7-23(34)16-21)36-37-32(39)45-19-30(41)40-26(20-11-13-22(33)14-12-20)17-24(38-40)28-10-5-15-44-28/h2-16,26H,17-19H2,1H3,(H,35,42)/t26-/m1/s1. The molecule has 0 bridgehead atoms. The molecule has 3 aromatic carbocycles. The SMILES string of the molecule is COc1ccccc1-n1c(CNC(=O)c2cccc(F)c2)nnc1SCC(=O)N1N=C(c2cccs2)C[C@@H]1c1ccc(F)cc1. The topological polar surface area (TPSA) is 102 Å². The Morgan fingerprint density at radius 1 is 1.00 bits per heavy atom. The minimum Gasteiger partial charge on any atom is -0.495 e. The fourth-order valence-corrected chi connectivity index (χ4v) is 6.46. The summed E-state index contributed by atoms with van der Waals surface area (Å²) >= 11 is 2.70. The van der Waals surface area contributed by atoms with Crippen LogP contribution in [-0.2, 0) is 11.3 Å². The van der Waals surface area contributed by atoms with Crippen molar-refractivity contribution >= 4 is 40.6 Å². The lowest BCUT2D eigenvalue weighted by molar-refractivity contribution is -0.130. The summed E-state index contributed by atoms with van der Waals surface area (Å²) < 4.78 is 34.7. The Morgan fingerprint density at radius 3 is 2.58 bits per heavy atom. The first-order valence-corrected chi connectivity index (χ1v) is 15.7. The van der Waals surface area contributed by atoms with Gasteiger partial charge in [-0.2, -0.15) is 5.10 Å². The van der Waals surface area contributed by atoms with Gasteiger partial charge in [0.05, 0.1) is 41.7 Å². The molecule has 13 heteroatoms. The van der Waals surface area contributed by atoms with Crippen LogP contribution in [0.5, 0.6) is 5.75 Å². The molecule has 6 rings (SSSR count). The molecule has 2 amide bonds. The lowest BCUT2D eigenvalue weighted by atomic mass is 10.0. The number of hydrogen-bond donors (Lipinski definition) is 1. The number of para-hydroxylation sites is 2. The fraction of sp³-hybridized carbons (Fsp3) is 0.156. The van der Waals surface area contributed by atoms with E-state index in [-0.39, 0.29) is 29.6 Å². The molecule has 3 heterocycles. The van der Waals surface area contributed by atoms with E-state index in [1.165, 1.54) is 53.8 Å². The van der Waals surface area contributed by atoms with Gasteiger partial charge in [-0.25, -0.2) is 13.8 Å². The first kappa shape index (κ1) is 30.2. The predicted molar refractivity (Wildman–Crippen MR) is 168 cm³/mol. The summed E-state index contributed by atoms with van der Waals surface area (Å²) in [5, 5.41) is 19.9. The number of carbonyl (C=O) groups is 2. The summed E-state index contributed by atoms with van der Waals surface area (Å²) in [4.78, 5) is 27.4. The Hall–Kier alpha value is -4.88. The third kappa shape index (κ3) is 6.64. The van der Waals surface area contributed by atoms with Gasteiger partial charge in [0.15, 0.2) is 11.0 Å². The third-order valence-electron chi connectivity index (χ3n) is 7.07. The van der Waals surface area contributed by atoms with Gasteiger partial charge < -0.3 is 10.1 Å². The smallest absolute Gasteiger partial charge is 0.253 e. The van der Waals surface area contributed by atoms with E-state index in [1.54, 1.807) is 22.8 Å². The van der Waals surface area contributed by atoms with Gasteiger partial charge in [0.2, 0.25) is 0 Å². The van der Waals surface area contributed by atoms with Crippen LogP contribution < -0.4 is 10.1 Å². The molecule has 0 aliphatic carbocycles. The number of carbonyl (C=O) groups excluding carboxylic acids is 2. The van der Waals surface area contributed by atoms with E-state index in [0.29, 0.717) is 28.8 Å². The molecule has 2 aromatic heterocycles. The summed E-state index contributed by atoms with van der Waals surface area (Å²) in [5.41, 5.74) is 2.34. The molecule has 1 aliphatic heterocycles. The van der Waals surface area contributed by atoms with Crippen LogP contribution in [0.2, 0.25) is 0 Å². The van der Waals surface area contributed by atoms with Crippen molar-refractivity contribution in [1.29, 1.82) is 0 Å². The monoisotopic (exact) mass is 644 g/mol. The van der Waals surface area contributed by atoms with Gasteiger partial charge in [-0.05, 0) is 59.5 Å². The van der Waals surface area contributed by atoms with E-state index in [4.69, 9.17) is 4.74 Å². The highest BCUT2D eigenvalue weighted by Crippen LogP contribution is 2.35. The van der Waals surface area contributed by atoms with Crippen LogP contribution in [0.15, 0.2) is 101 Å². The molecular weight excluding hydrogens is 619 g/mol. The van der Waals surface area contributed by atoms with Gasteiger partial charge in [-0.3, -0.25) is 14.2 Å². The number of rotatable bonds is 10. The number of hydrazone groups is 1. The number of methoxy groups -OCH3 is 1. The van der Waals surface area contributed by atoms with E-state index in [2.05, 4.69) is 20.6 Å². The number of benzene rings is 3. The zero-order chi connectivity index (χ0) is 31.3. The number of halogens is 2. The van der Waals surface area contributed by atoms with Crippen LogP contribution in [0.4, 0.5) is 8.78 Å². The number of thioether (sulfide) groups is 1. The van der Waals surface area contributed by atoms with E-state index < -0.39 is 17.8 Å². The molecule has 228 valence electrons. The largest absolute Gasteiger partial charge is 0.495 e. The highest BCUT2D eigenvalue weighted by atomic mass is 32.2. The molecule has 0 unspecified atom stereocenters. The molecule has 5 aromatic rings. The average molecular weight is 645 g/mol. The summed E-state index contributed by atoms with van der Waals surface area (Å²) in [5.74, 6) is -0.739. The molecule has 0 saturated heterocycles. The van der Waals surface area contributed by atoms with Crippen LogP contribution >= 0.6 is 23.1 Å². The maximum atomic E-state index is 13.7. The molecular formula is C32H26F2N6O3S2. The highest BCUT2D eigenvalue weighted by molar-refractivity contribution is 7.99. The first-order valence-electron chi connectivity index (χ1n) is 13.8. The highest BCUT2D eigenvalue weighted by Gasteiger charge is 2.34. The second-order valence-corrected chi connectivity index (χ2v) is 11.8. The maximum absolute atomic E-state index is 13.7. The lowest BCUT2D eigenvalue weighted by Gasteiger charge is -2.22. The summed E-state index contributed by atoms with van der Waals surface area (Å²) in [6, 6.07) is 22.2. The minimum absolute atomic E-state index is 0.0257. The zero-order valence-electron chi connectivity index (χ0n) is 23.9. The van der Waals surface area contributed by atoms with Crippen LogP contribution in [-0.4, -0.2) is 50.2 Å². The summed E-state index contributed by atoms with van der Waals surface area (Å²) in [6.45, 7) is -0.0257. The average Bonchev–Trinajstić information content (AvgIpc) is 3.83. The first-order chi connectivity index (χ1) is 21.9. The van der Waals surface area contributed by atoms with Gasteiger partial charge in [-0.15, -0.1) is 21.5 Å². The second kappa shape index (κ2) is 13.4. The van der Waals surface area contributed by atoms with Crippen LogP contribution in [0, 0.1) is 11.6 Å². The second-order valence-electron chi connectivity index (χ2n) is 9.92. The van der Waals surface area contributed by atoms with Crippen molar-refractivity contribution in [2.24, 2.45) is 5.10 Å². The normalized spacial score (nSPS) is 14.3. The molecule has 1 atom stereocenters. The molecule has 0 saturated carbocycles. The van der Waals surface area contributed by atoms with Gasteiger partial charge >= 0.3 is 0 Å². The van der Waals surface area contributed by atoms with Gasteiger partial charge in [0, 0.05) is 12.0 Å². The van der Waals surface area contributed by atoms with Crippen molar-refractivity contribution in [3.8, 4) is 11.4 Å². The quantitative estimate of drug-likeness (QED) is 0.187. The van der Waals surface area contributed by atoms with Gasteiger partial charge in [-0.1, -0.05) is 48.2 Å². The van der Waals surface area contributed by atoms with E-state index in [0.717, 1.165) is 34.0 Å². The Labute approximate surface area is 265 Å². The minimum atomic E-state index is -0.519. The number of thiophene rings is 1. The molecule has 9 nitrogen and oxygen atoms in total. The molecule has 45 heavy (non-hydrogen) atoms. The van der Waals surface area contributed by atoms with E-state index >= 15 is 0 Å². The zero-order valence-corrected chi connectivity index (χ0v) is 25.5. The van der Waals surface area contributed by atoms with Crippen molar-refractivity contribution in [3.63, 3.8) is 0 Å². The molecule has 0 radical (unpaired) electrons. The Balaban J connectivity index is 1.26. The fourth-order valence-electron chi connectivity index (χ4n) is 4.92. The Kier molecular flexibility index (Phi) is 8.98. The third-order valence-corrected chi connectivity index (χ3v) is 8.90. The van der Waals surface area contributed by atoms with Crippen LogP contribution in [0.3, 0.4) is 0 Å². The van der Waals surface area contributed by atoms with Gasteiger partial charge in [0.25, 0.3) is 11.8 Å². The van der Waals surface area contributed by atoms with Crippen LogP contribution in [0.1, 0.15) is 39.1 Å². The Morgan fingerprint density at radius 2 is 1.82 bits per heavy atom. The molecule has 1 aliphatic rings. The van der Waals surface area contributed by atoms with E-state index in [9.17, 15) is 18.4 Å². The molecule has 0 fully saturated rings. The Bertz CT molecular complexity index is 1860. The summed E-state index contributed by atoms with van der Waals surface area (Å²) in [7, 11) is 1.54.